The molecule has 8 N–H and O–H groups in total. The average Bonchev–Trinajstić information content (AvgIpc) is 2.43. The third-order valence-electron chi connectivity index (χ3n) is 2.53. The summed E-state index contributed by atoms with van der Waals surface area (Å²) in [6.45, 7) is -2.39. The van der Waals surface area contributed by atoms with Gasteiger partial charge in [-0.2, -0.15) is 0 Å². The second-order valence-electron chi connectivity index (χ2n) is 4.15. The SMILES string of the molecule is OCC(O)C(O)C(O)COCC(O)C(O)C(O)CO. The highest BCUT2D eigenvalue weighted by Gasteiger charge is 2.27. The Labute approximate surface area is 109 Å². The summed E-state index contributed by atoms with van der Waals surface area (Å²) in [6.07, 6.45) is -9.26. The maximum atomic E-state index is 9.35. The fourth-order valence-corrected chi connectivity index (χ4v) is 1.24. The molecule has 0 aromatic rings. The number of rotatable bonds is 10. The number of aliphatic hydroxyl groups excluding tert-OH is 8. The maximum absolute atomic E-state index is 9.35. The first kappa shape index (κ1) is 18.6. The number of aliphatic hydroxyl groups is 8. The van der Waals surface area contributed by atoms with Crippen LogP contribution in [0.4, 0.5) is 0 Å². The quantitative estimate of drug-likeness (QED) is 0.196. The zero-order chi connectivity index (χ0) is 15.0. The van der Waals surface area contributed by atoms with Gasteiger partial charge in [-0.1, -0.05) is 0 Å². The first-order valence-electron chi connectivity index (χ1n) is 5.73. The molecule has 0 saturated heterocycles. The van der Waals surface area contributed by atoms with Crippen LogP contribution in [0, 0.1) is 0 Å². The van der Waals surface area contributed by atoms with Crippen molar-refractivity contribution in [2.24, 2.45) is 0 Å². The van der Waals surface area contributed by atoms with E-state index in [2.05, 4.69) is 0 Å². The molecule has 0 bridgehead atoms. The highest BCUT2D eigenvalue weighted by molar-refractivity contribution is 4.76. The lowest BCUT2D eigenvalue weighted by molar-refractivity contribution is -0.125. The van der Waals surface area contributed by atoms with Gasteiger partial charge in [0.25, 0.3) is 0 Å². The number of hydrogen-bond donors (Lipinski definition) is 8. The summed E-state index contributed by atoms with van der Waals surface area (Å²) in [5, 5.41) is 72.4. The van der Waals surface area contributed by atoms with Gasteiger partial charge in [0.2, 0.25) is 0 Å². The molecule has 116 valence electrons. The Morgan fingerprint density at radius 3 is 1.16 bits per heavy atom. The molecule has 0 aliphatic carbocycles. The van der Waals surface area contributed by atoms with Crippen LogP contribution in [0.5, 0.6) is 0 Å². The van der Waals surface area contributed by atoms with Crippen molar-refractivity contribution in [3.8, 4) is 0 Å². The molecular formula is C10H22O9. The van der Waals surface area contributed by atoms with Crippen molar-refractivity contribution in [2.45, 2.75) is 36.6 Å². The molecule has 0 aliphatic rings. The van der Waals surface area contributed by atoms with Crippen LogP contribution < -0.4 is 0 Å². The van der Waals surface area contributed by atoms with Crippen LogP contribution in [-0.4, -0.2) is 104 Å². The zero-order valence-corrected chi connectivity index (χ0v) is 10.3. The molecule has 0 heterocycles. The Morgan fingerprint density at radius 1 is 0.579 bits per heavy atom. The molecule has 9 heteroatoms. The fraction of sp³-hybridized carbons (Fsp3) is 1.00. The first-order chi connectivity index (χ1) is 8.84. The van der Waals surface area contributed by atoms with Gasteiger partial charge in [0.1, 0.15) is 36.6 Å². The largest absolute Gasteiger partial charge is 0.394 e. The van der Waals surface area contributed by atoms with Crippen LogP contribution in [0.3, 0.4) is 0 Å². The zero-order valence-electron chi connectivity index (χ0n) is 10.3. The lowest BCUT2D eigenvalue weighted by atomic mass is 10.1. The summed E-state index contributed by atoms with van der Waals surface area (Å²) in [7, 11) is 0. The molecular weight excluding hydrogens is 264 g/mol. The van der Waals surface area contributed by atoms with Gasteiger partial charge in [-0.05, 0) is 0 Å². The standard InChI is InChI=1S/C10H22O9/c11-1-5(13)9(17)7(15)3-19-4-8(16)10(18)6(14)2-12/h5-18H,1-4H2. The molecule has 6 unspecified atom stereocenters. The molecule has 0 spiro atoms. The topological polar surface area (TPSA) is 171 Å². The van der Waals surface area contributed by atoms with Gasteiger partial charge in [-0.3, -0.25) is 0 Å². The van der Waals surface area contributed by atoms with Gasteiger partial charge in [0.05, 0.1) is 26.4 Å². The average molecular weight is 286 g/mol. The van der Waals surface area contributed by atoms with Crippen LogP contribution in [-0.2, 0) is 4.74 Å². The molecule has 0 amide bonds. The summed E-state index contributed by atoms with van der Waals surface area (Å²) in [5.41, 5.74) is 0. The molecule has 0 saturated carbocycles. The van der Waals surface area contributed by atoms with E-state index in [1.165, 1.54) is 0 Å². The van der Waals surface area contributed by atoms with Gasteiger partial charge < -0.3 is 45.6 Å². The van der Waals surface area contributed by atoms with E-state index in [4.69, 9.17) is 25.2 Å². The highest BCUT2D eigenvalue weighted by atomic mass is 16.5. The van der Waals surface area contributed by atoms with E-state index in [-0.39, 0.29) is 0 Å². The van der Waals surface area contributed by atoms with Crippen LogP contribution >= 0.6 is 0 Å². The highest BCUT2D eigenvalue weighted by Crippen LogP contribution is 2.04. The van der Waals surface area contributed by atoms with Crippen molar-refractivity contribution in [2.75, 3.05) is 26.4 Å². The smallest absolute Gasteiger partial charge is 0.110 e. The summed E-state index contributed by atoms with van der Waals surface area (Å²) in [6, 6.07) is 0. The molecule has 9 nitrogen and oxygen atoms in total. The maximum Gasteiger partial charge on any atom is 0.110 e. The first-order valence-corrected chi connectivity index (χ1v) is 5.73. The summed E-state index contributed by atoms with van der Waals surface area (Å²) >= 11 is 0. The Morgan fingerprint density at radius 2 is 0.895 bits per heavy atom. The van der Waals surface area contributed by atoms with Crippen LogP contribution in [0.1, 0.15) is 0 Å². The van der Waals surface area contributed by atoms with E-state index in [9.17, 15) is 20.4 Å². The van der Waals surface area contributed by atoms with E-state index in [0.29, 0.717) is 0 Å². The molecule has 0 aromatic heterocycles. The fourth-order valence-electron chi connectivity index (χ4n) is 1.24. The van der Waals surface area contributed by atoms with E-state index >= 15 is 0 Å². The molecule has 0 rings (SSSR count). The van der Waals surface area contributed by atoms with Gasteiger partial charge in [0.15, 0.2) is 0 Å². The molecule has 6 atom stereocenters. The van der Waals surface area contributed by atoms with Crippen LogP contribution in [0.2, 0.25) is 0 Å². The van der Waals surface area contributed by atoms with Crippen molar-refractivity contribution in [3.63, 3.8) is 0 Å². The predicted molar refractivity (Wildman–Crippen MR) is 61.0 cm³/mol. The van der Waals surface area contributed by atoms with Crippen LogP contribution in [0.25, 0.3) is 0 Å². The van der Waals surface area contributed by atoms with E-state index < -0.39 is 63.1 Å². The monoisotopic (exact) mass is 286 g/mol. The second kappa shape index (κ2) is 9.53. The molecule has 19 heavy (non-hydrogen) atoms. The van der Waals surface area contributed by atoms with E-state index in [1.54, 1.807) is 0 Å². The van der Waals surface area contributed by atoms with Crippen LogP contribution in [0.15, 0.2) is 0 Å². The molecule has 0 aromatic carbocycles. The Hall–Kier alpha value is -0.360. The van der Waals surface area contributed by atoms with Crippen molar-refractivity contribution in [3.05, 3.63) is 0 Å². The van der Waals surface area contributed by atoms with Gasteiger partial charge >= 0.3 is 0 Å². The van der Waals surface area contributed by atoms with Gasteiger partial charge in [0, 0.05) is 0 Å². The lowest BCUT2D eigenvalue weighted by Crippen LogP contribution is -2.44. The summed E-state index contributed by atoms with van der Waals surface area (Å²) in [5.74, 6) is 0. The molecule has 0 radical (unpaired) electrons. The summed E-state index contributed by atoms with van der Waals surface area (Å²) in [4.78, 5) is 0. The Bertz CT molecular complexity index is 205. The third kappa shape index (κ3) is 6.56. The van der Waals surface area contributed by atoms with Crippen molar-refractivity contribution in [1.82, 2.24) is 0 Å². The number of hydrogen-bond acceptors (Lipinski definition) is 9. The third-order valence-corrected chi connectivity index (χ3v) is 2.53. The normalized spacial score (nSPS) is 21.5. The molecule has 0 fully saturated rings. The van der Waals surface area contributed by atoms with Gasteiger partial charge in [-0.15, -0.1) is 0 Å². The number of ether oxygens (including phenoxy) is 1. The van der Waals surface area contributed by atoms with Gasteiger partial charge in [-0.25, -0.2) is 0 Å². The minimum atomic E-state index is -1.62. The predicted octanol–water partition coefficient (Wildman–Crippen LogP) is -4.85. The molecule has 0 aliphatic heterocycles. The summed E-state index contributed by atoms with van der Waals surface area (Å²) < 4.78 is 4.78. The lowest BCUT2D eigenvalue weighted by Gasteiger charge is -2.24. The van der Waals surface area contributed by atoms with Crippen molar-refractivity contribution in [1.29, 1.82) is 0 Å². The van der Waals surface area contributed by atoms with Crippen molar-refractivity contribution < 1.29 is 45.6 Å². The minimum Gasteiger partial charge on any atom is -0.394 e. The Kier molecular flexibility index (Phi) is 9.35. The van der Waals surface area contributed by atoms with E-state index in [0.717, 1.165) is 0 Å². The van der Waals surface area contributed by atoms with Crippen molar-refractivity contribution >= 4 is 0 Å². The minimum absolute atomic E-state index is 0.461. The second-order valence-corrected chi connectivity index (χ2v) is 4.15. The Balaban J connectivity index is 3.96. The van der Waals surface area contributed by atoms with E-state index in [1.807, 2.05) is 0 Å².